The second kappa shape index (κ2) is 35.2. The SMILES string of the molecule is CC(C)C[C@H](N)C(=O)N1CCC[C@H]1C(=O)N1CCC[C@H]1C(=O)N[C@@H](CC(N)=O)C(=O)N[C@H](C(=O)N[C@H](C(=O)N[C@@H](CCC(=O)O)C(=O)N[C@@H](CCC(=O)O)C(=O)N[C@@H](CO)C(=O)N[C@@H](C)C(=O)N[C@@H](CCCN=C(N)N)C(=O)O)C(C)C)C(C)C. The Kier molecular flexibility index (Phi) is 30.1. The first-order valence-electron chi connectivity index (χ1n) is 28.1. The molecule has 11 atom stereocenters. The van der Waals surface area contributed by atoms with Gasteiger partial charge in [-0.3, -0.25) is 67.3 Å². The fourth-order valence-electron chi connectivity index (χ4n) is 9.36. The van der Waals surface area contributed by atoms with Gasteiger partial charge in [-0.15, -0.1) is 0 Å². The summed E-state index contributed by atoms with van der Waals surface area (Å²) in [7, 11) is 0. The Bertz CT molecular complexity index is 2460. The van der Waals surface area contributed by atoms with E-state index in [1.54, 1.807) is 0 Å². The molecule has 33 heteroatoms. The lowest BCUT2D eigenvalue weighted by atomic mass is 9.98. The molecule has 0 radical (unpaired) electrons. The summed E-state index contributed by atoms with van der Waals surface area (Å²) in [6, 6.07) is -15.9. The number of carboxylic acid groups (broad SMARTS) is 3. The van der Waals surface area contributed by atoms with Gasteiger partial charge in [-0.1, -0.05) is 41.5 Å². The highest BCUT2D eigenvalue weighted by Gasteiger charge is 2.44. The van der Waals surface area contributed by atoms with Gasteiger partial charge in [0.05, 0.1) is 19.1 Å². The van der Waals surface area contributed by atoms with Crippen LogP contribution >= 0.6 is 0 Å². The van der Waals surface area contributed by atoms with Crippen LogP contribution in [-0.2, 0) is 67.1 Å². The van der Waals surface area contributed by atoms with Crippen LogP contribution in [0.2, 0.25) is 0 Å². The number of likely N-dealkylation sites (tertiary alicyclic amines) is 2. The van der Waals surface area contributed by atoms with Gasteiger partial charge in [-0.2, -0.15) is 0 Å². The summed E-state index contributed by atoms with van der Waals surface area (Å²) in [5.74, 6) is -16.5. The molecule has 0 bridgehead atoms. The maximum absolute atomic E-state index is 14.1. The van der Waals surface area contributed by atoms with Crippen molar-refractivity contribution in [1.29, 1.82) is 0 Å². The van der Waals surface area contributed by atoms with Crippen LogP contribution in [0.25, 0.3) is 0 Å². The summed E-state index contributed by atoms with van der Waals surface area (Å²) in [6.07, 6.45) is -1.74. The van der Waals surface area contributed by atoms with Crippen LogP contribution in [0.1, 0.15) is 126 Å². The van der Waals surface area contributed by atoms with Crippen LogP contribution in [0.4, 0.5) is 0 Å². The largest absolute Gasteiger partial charge is 0.481 e. The summed E-state index contributed by atoms with van der Waals surface area (Å²) in [6.45, 7) is 10.4. The Morgan fingerprint density at radius 1 is 0.541 bits per heavy atom. The lowest BCUT2D eigenvalue weighted by Gasteiger charge is -2.33. The number of primary amides is 1. The van der Waals surface area contributed by atoms with E-state index < -0.39 is 194 Å². The number of nitrogens with two attached hydrogens (primary N) is 4. The van der Waals surface area contributed by atoms with Crippen molar-refractivity contribution in [1.82, 2.24) is 52.3 Å². The van der Waals surface area contributed by atoms with Crippen LogP contribution in [0.15, 0.2) is 4.99 Å². The molecule has 0 saturated carbocycles. The minimum absolute atomic E-state index is 0.0482. The molecule has 2 heterocycles. The first kappa shape index (κ1) is 72.9. The number of aliphatic hydroxyl groups excluding tert-OH is 1. The molecule has 11 amide bonds. The van der Waals surface area contributed by atoms with Gasteiger partial charge in [0.1, 0.15) is 60.4 Å². The Morgan fingerprint density at radius 2 is 1.00 bits per heavy atom. The third kappa shape index (κ3) is 24.1. The summed E-state index contributed by atoms with van der Waals surface area (Å²) < 4.78 is 0. The van der Waals surface area contributed by atoms with E-state index in [2.05, 4.69) is 47.5 Å². The topological polar surface area (TPSA) is 539 Å². The fraction of sp³-hybridized carbons (Fsp3) is 0.712. The Labute approximate surface area is 491 Å². The maximum Gasteiger partial charge on any atom is 0.326 e. The number of carboxylic acids is 3. The number of amides is 11. The predicted molar refractivity (Wildman–Crippen MR) is 300 cm³/mol. The fourth-order valence-corrected chi connectivity index (χ4v) is 9.36. The molecule has 33 nitrogen and oxygen atoms in total. The van der Waals surface area contributed by atoms with Crippen molar-refractivity contribution in [2.24, 2.45) is 45.7 Å². The quantitative estimate of drug-likeness (QED) is 0.0158. The summed E-state index contributed by atoms with van der Waals surface area (Å²) in [5.41, 5.74) is 22.2. The molecule has 85 heavy (non-hydrogen) atoms. The van der Waals surface area contributed by atoms with Crippen molar-refractivity contribution in [3.63, 3.8) is 0 Å². The minimum atomic E-state index is -1.86. The third-order valence-electron chi connectivity index (χ3n) is 13.9. The van der Waals surface area contributed by atoms with Crippen molar-refractivity contribution in [3.05, 3.63) is 0 Å². The highest BCUT2D eigenvalue weighted by molar-refractivity contribution is 6.00. The normalized spacial score (nSPS) is 18.0. The van der Waals surface area contributed by atoms with E-state index in [9.17, 15) is 87.5 Å². The first-order valence-corrected chi connectivity index (χ1v) is 28.1. The number of nitrogens with one attached hydrogen (secondary N) is 8. The highest BCUT2D eigenvalue weighted by Crippen LogP contribution is 2.26. The van der Waals surface area contributed by atoms with E-state index in [1.165, 1.54) is 37.5 Å². The number of guanidine groups is 1. The van der Waals surface area contributed by atoms with E-state index in [4.69, 9.17) is 22.9 Å². The molecule has 2 fully saturated rings. The number of aliphatic hydroxyl groups is 1. The Morgan fingerprint density at radius 3 is 1.48 bits per heavy atom. The van der Waals surface area contributed by atoms with Crippen LogP contribution in [0.5, 0.6) is 0 Å². The van der Waals surface area contributed by atoms with Gasteiger partial charge < -0.3 is 95.7 Å². The van der Waals surface area contributed by atoms with Crippen molar-refractivity contribution in [2.45, 2.75) is 192 Å². The first-order chi connectivity index (χ1) is 39.7. The minimum Gasteiger partial charge on any atom is -0.481 e. The summed E-state index contributed by atoms with van der Waals surface area (Å²) in [4.78, 5) is 191. The number of nitrogens with zero attached hydrogens (tertiary/aromatic N) is 3. The van der Waals surface area contributed by atoms with Gasteiger partial charge in [-0.25, -0.2) is 4.79 Å². The van der Waals surface area contributed by atoms with E-state index in [0.717, 1.165) is 6.92 Å². The number of carbonyl (C=O) groups is 14. The van der Waals surface area contributed by atoms with Crippen LogP contribution in [-0.4, -0.2) is 212 Å². The molecule has 478 valence electrons. The van der Waals surface area contributed by atoms with Gasteiger partial charge in [0, 0.05) is 32.5 Å². The van der Waals surface area contributed by atoms with E-state index in [-0.39, 0.29) is 50.1 Å². The Balaban J connectivity index is 2.29. The summed E-state index contributed by atoms with van der Waals surface area (Å²) >= 11 is 0. The van der Waals surface area contributed by atoms with Crippen molar-refractivity contribution >= 4 is 88.8 Å². The molecule has 0 unspecified atom stereocenters. The standard InChI is InChI=1S/C52H87N15O18/c1-24(2)21-28(53)49(82)67-20-10-13-35(67)50(83)66-19-9-12-34(66)46(79)62-32(22-36(54)69)44(77)64-40(26(5)6)48(81)65-39(25(3)4)47(80)60-30(15-17-38(72)73)42(75)59-29(14-16-37(70)71)43(76)63-33(23-68)45(78)58-27(7)41(74)61-31(51(84)85)11-8-18-57-52(55)56/h24-35,39-40,68H,8-23,53H2,1-7H3,(H2,54,69)(H,58,78)(H,59,75)(H,60,80)(H,61,74)(H,62,79)(H,63,76)(H,64,77)(H,65,81)(H,70,71)(H,72,73)(H,84,85)(H4,55,56,57)/t27-,28-,29-,30-,31-,32-,33-,34-,35-,39-,40-/m0/s1. The smallest absolute Gasteiger partial charge is 0.326 e. The second-order valence-electron chi connectivity index (χ2n) is 22.1. The molecule has 2 aliphatic rings. The number of aliphatic carboxylic acids is 3. The maximum atomic E-state index is 14.1. The molecular weight excluding hydrogens is 1120 g/mol. The molecule has 2 aliphatic heterocycles. The molecule has 0 aromatic heterocycles. The van der Waals surface area contributed by atoms with Crippen molar-refractivity contribution in [3.8, 4) is 0 Å². The zero-order valence-electron chi connectivity index (χ0n) is 49.1. The number of rotatable bonds is 36. The predicted octanol–water partition coefficient (Wildman–Crippen LogP) is -5.71. The van der Waals surface area contributed by atoms with E-state index in [1.807, 2.05) is 13.8 Å². The van der Waals surface area contributed by atoms with Crippen molar-refractivity contribution in [2.75, 3.05) is 26.2 Å². The monoisotopic (exact) mass is 1210 g/mol. The van der Waals surface area contributed by atoms with Gasteiger partial charge in [0.15, 0.2) is 5.96 Å². The number of aliphatic imine (C=N–C) groups is 1. The lowest BCUT2D eigenvalue weighted by Crippen LogP contribution is -2.62. The summed E-state index contributed by atoms with van der Waals surface area (Å²) in [5, 5.41) is 57.3. The van der Waals surface area contributed by atoms with Crippen LogP contribution < -0.4 is 65.5 Å². The molecule has 0 spiro atoms. The molecule has 2 rings (SSSR count). The van der Waals surface area contributed by atoms with Crippen LogP contribution in [0.3, 0.4) is 0 Å². The second-order valence-corrected chi connectivity index (χ2v) is 22.1. The van der Waals surface area contributed by atoms with Crippen molar-refractivity contribution < 1.29 is 87.5 Å². The van der Waals surface area contributed by atoms with Gasteiger partial charge in [0.25, 0.3) is 0 Å². The van der Waals surface area contributed by atoms with E-state index in [0.29, 0.717) is 32.2 Å². The van der Waals surface area contributed by atoms with Gasteiger partial charge in [0.2, 0.25) is 65.0 Å². The molecule has 0 aliphatic carbocycles. The molecule has 20 N–H and O–H groups in total. The Hall–Kier alpha value is -8.23. The zero-order valence-corrected chi connectivity index (χ0v) is 49.1. The molecule has 0 aromatic rings. The van der Waals surface area contributed by atoms with Gasteiger partial charge in [-0.05, 0) is 82.5 Å². The van der Waals surface area contributed by atoms with Crippen LogP contribution in [0, 0.1) is 17.8 Å². The molecule has 0 aromatic carbocycles. The zero-order chi connectivity index (χ0) is 64.6. The average Bonchev–Trinajstić information content (AvgIpc) is 2.52. The number of hydrogen-bond donors (Lipinski definition) is 16. The third-order valence-corrected chi connectivity index (χ3v) is 13.9. The molecule has 2 saturated heterocycles. The number of carbonyl (C=O) groups excluding carboxylic acids is 11. The highest BCUT2D eigenvalue weighted by atomic mass is 16.4. The number of hydrogen-bond acceptors (Lipinski definition) is 17. The lowest BCUT2D eigenvalue weighted by molar-refractivity contribution is -0.147. The van der Waals surface area contributed by atoms with E-state index >= 15 is 0 Å². The molecular formula is C52H87N15O18. The van der Waals surface area contributed by atoms with Gasteiger partial charge >= 0.3 is 17.9 Å². The average molecular weight is 1210 g/mol.